The summed E-state index contributed by atoms with van der Waals surface area (Å²) in [5, 5.41) is 0. The zero-order valence-electron chi connectivity index (χ0n) is 50.1. The maximum atomic E-state index is 2.65. The Kier molecular flexibility index (Phi) is 13.3. The largest absolute Gasteiger partial charge is 0.311 e. The number of fused-ring (bicyclic) bond motifs is 8. The fraction of sp³-hybridized carbons (Fsp3) is 0. The number of hydrogen-bond donors (Lipinski definition) is 0. The van der Waals surface area contributed by atoms with E-state index in [1.54, 1.807) is 0 Å². The van der Waals surface area contributed by atoms with Crippen LogP contribution in [-0.2, 0) is 0 Å². The van der Waals surface area contributed by atoms with Crippen molar-refractivity contribution in [1.82, 2.24) is 0 Å². The Balaban J connectivity index is 0.923. The van der Waals surface area contributed by atoms with Gasteiger partial charge in [0.25, 0.3) is 0 Å². The van der Waals surface area contributed by atoms with Gasteiger partial charge in [0.05, 0.1) is 11.4 Å². The van der Waals surface area contributed by atoms with Crippen LogP contribution in [0, 0.1) is 0 Å². The van der Waals surface area contributed by atoms with Gasteiger partial charge in [0, 0.05) is 93.1 Å². The van der Waals surface area contributed by atoms with Crippen LogP contribution in [-0.4, -0.2) is 13.4 Å². The summed E-state index contributed by atoms with van der Waals surface area (Å²) in [6.07, 6.45) is 0. The predicted molar refractivity (Wildman–Crippen MR) is 392 cm³/mol. The van der Waals surface area contributed by atoms with E-state index in [1.165, 1.54) is 69.4 Å². The Labute approximate surface area is 546 Å². The van der Waals surface area contributed by atoms with Crippen molar-refractivity contribution in [3.05, 3.63) is 340 Å². The second kappa shape index (κ2) is 22.5. The third-order valence-electron chi connectivity index (χ3n) is 18.7. The molecule has 0 atom stereocenters. The normalized spacial score (nSPS) is 12.8. The molecule has 0 radical (unpaired) electrons. The second-order valence-corrected chi connectivity index (χ2v) is 26.0. The first kappa shape index (κ1) is 54.1. The van der Waals surface area contributed by atoms with Gasteiger partial charge < -0.3 is 19.6 Å². The van der Waals surface area contributed by atoms with Gasteiger partial charge in [-0.3, -0.25) is 0 Å². The molecular formula is C84H56B2N4S2. The molecule has 14 aromatic carbocycles. The van der Waals surface area contributed by atoms with Gasteiger partial charge in [-0.15, -0.1) is 0 Å². The Morgan fingerprint density at radius 1 is 0.239 bits per heavy atom. The van der Waals surface area contributed by atoms with Crippen LogP contribution in [0.25, 0.3) is 33.4 Å². The summed E-state index contributed by atoms with van der Waals surface area (Å²) in [6.45, 7) is -0.162. The van der Waals surface area contributed by atoms with Crippen LogP contribution in [0.15, 0.2) is 359 Å². The summed E-state index contributed by atoms with van der Waals surface area (Å²) in [4.78, 5) is 15.1. The van der Waals surface area contributed by atoms with Gasteiger partial charge in [0.15, 0.2) is 0 Å². The van der Waals surface area contributed by atoms with Crippen LogP contribution >= 0.6 is 23.5 Å². The highest BCUT2D eigenvalue weighted by Crippen LogP contribution is 2.53. The highest BCUT2D eigenvalue weighted by molar-refractivity contribution is 8.00. The van der Waals surface area contributed by atoms with E-state index >= 15 is 0 Å². The SMILES string of the molecule is c1ccc(-c2ccccc2N2c3cc4c(cc3B3c5ccccc5Sc5cc(N(c6ccccc6)c6c(-c7ccccc7)cccc6-c6ccccc6)cc2c53)B2c3ccccc3N(c3ccccc3)c3cc(N(c5ccccc5)c5ccccc5)cc(c32)S4)cc1. The molecule has 8 heteroatoms. The summed E-state index contributed by atoms with van der Waals surface area (Å²) in [5.74, 6) is 0. The number of benzene rings is 14. The maximum absolute atomic E-state index is 2.65. The fourth-order valence-corrected chi connectivity index (χ4v) is 17.2. The van der Waals surface area contributed by atoms with Crippen molar-refractivity contribution < 1.29 is 0 Å². The van der Waals surface area contributed by atoms with Crippen molar-refractivity contribution in [3.63, 3.8) is 0 Å². The lowest BCUT2D eigenvalue weighted by Gasteiger charge is -2.44. The third kappa shape index (κ3) is 8.96. The molecule has 0 N–H and O–H groups in total. The molecule has 0 aromatic heterocycles. The summed E-state index contributed by atoms with van der Waals surface area (Å²) in [7, 11) is 0. The van der Waals surface area contributed by atoms with E-state index in [9.17, 15) is 0 Å². The fourth-order valence-electron chi connectivity index (χ4n) is 14.8. The van der Waals surface area contributed by atoms with Crippen LogP contribution in [0.1, 0.15) is 0 Å². The van der Waals surface area contributed by atoms with Gasteiger partial charge >= 0.3 is 0 Å². The monoisotopic (exact) mass is 1210 g/mol. The van der Waals surface area contributed by atoms with E-state index < -0.39 is 0 Å². The number of nitrogens with zero attached hydrogens (tertiary/aromatic N) is 4. The summed E-state index contributed by atoms with van der Waals surface area (Å²) < 4.78 is 0. The molecule has 4 nitrogen and oxygen atoms in total. The zero-order chi connectivity index (χ0) is 60.6. The van der Waals surface area contributed by atoms with Crippen LogP contribution < -0.4 is 52.4 Å². The molecule has 0 aliphatic carbocycles. The Morgan fingerprint density at radius 3 is 1.25 bits per heavy atom. The first-order valence-corrected chi connectivity index (χ1v) is 33.2. The summed E-state index contributed by atoms with van der Waals surface area (Å²) >= 11 is 3.82. The second-order valence-electron chi connectivity index (χ2n) is 23.9. The molecule has 4 aliphatic rings. The number of hydrogen-bond acceptors (Lipinski definition) is 6. The van der Waals surface area contributed by atoms with E-state index in [2.05, 4.69) is 359 Å². The van der Waals surface area contributed by atoms with Crippen LogP contribution in [0.2, 0.25) is 0 Å². The molecule has 0 amide bonds. The van der Waals surface area contributed by atoms with Crippen molar-refractivity contribution in [2.45, 2.75) is 19.6 Å². The van der Waals surface area contributed by atoms with Gasteiger partial charge in [-0.05, 0) is 136 Å². The minimum atomic E-state index is -0.0909. The van der Waals surface area contributed by atoms with E-state index in [0.29, 0.717) is 0 Å². The van der Waals surface area contributed by atoms with E-state index in [1.807, 2.05) is 23.5 Å². The van der Waals surface area contributed by atoms with Crippen molar-refractivity contribution in [1.29, 1.82) is 0 Å². The molecule has 0 fully saturated rings. The molecular weight excluding hydrogens is 1150 g/mol. The lowest BCUT2D eigenvalue weighted by molar-refractivity contribution is 1.22. The van der Waals surface area contributed by atoms with Gasteiger partial charge in [-0.25, -0.2) is 0 Å². The molecule has 0 saturated carbocycles. The summed E-state index contributed by atoms with van der Waals surface area (Å²) in [5.41, 5.74) is 28.3. The molecule has 4 heterocycles. The molecule has 4 aliphatic heterocycles. The highest BCUT2D eigenvalue weighted by Gasteiger charge is 2.47. The quantitative estimate of drug-likeness (QED) is 0.119. The van der Waals surface area contributed by atoms with Crippen LogP contribution in [0.5, 0.6) is 0 Å². The van der Waals surface area contributed by atoms with Crippen molar-refractivity contribution in [2.24, 2.45) is 0 Å². The van der Waals surface area contributed by atoms with Gasteiger partial charge in [-0.1, -0.05) is 277 Å². The average molecular weight is 1210 g/mol. The van der Waals surface area contributed by atoms with E-state index in [0.717, 1.165) is 84.6 Å². The molecule has 0 spiro atoms. The molecule has 430 valence electrons. The Morgan fingerprint density at radius 2 is 0.663 bits per heavy atom. The highest BCUT2D eigenvalue weighted by atomic mass is 32.2. The standard InChI is InChI=1S/C84H56B2N4S2/c1-8-29-57(30-9-1)66-43-22-25-48-73(66)90-75-56-79-72(85-69-46-23-26-49-74(69)89(63-41-20-7-21-42-63)76-51-64(53-81(92-79)82(76)85)87(60-35-14-4-15-36-60)61-37-16-5-17-38-61)55-71(75)86-70-47-24-27-50-78(70)91-80-54-65(52-77(90)83(80)86)88(62-39-18-6-19-40-62)84-67(58-31-10-2-11-32-58)44-28-45-68(84)59-33-12-3-13-34-59/h1-56H. The molecule has 14 aromatic rings. The number of para-hydroxylation sites is 7. The van der Waals surface area contributed by atoms with Crippen molar-refractivity contribution >= 4 is 138 Å². The van der Waals surface area contributed by atoms with E-state index in [4.69, 9.17) is 0 Å². The topological polar surface area (TPSA) is 13.0 Å². The average Bonchev–Trinajstić information content (AvgIpc) is 0.696. The third-order valence-corrected chi connectivity index (χ3v) is 21.0. The number of anilines is 12. The first-order chi connectivity index (χ1) is 45.7. The Bertz CT molecular complexity index is 5040. The minimum absolute atomic E-state index is 0.0712. The van der Waals surface area contributed by atoms with Crippen molar-refractivity contribution in [3.8, 4) is 33.4 Å². The smallest absolute Gasteiger partial charge is 0.249 e. The zero-order valence-corrected chi connectivity index (χ0v) is 51.7. The van der Waals surface area contributed by atoms with Crippen LogP contribution in [0.4, 0.5) is 68.2 Å². The van der Waals surface area contributed by atoms with Crippen LogP contribution in [0.3, 0.4) is 0 Å². The lowest BCUT2D eigenvalue weighted by atomic mass is 9.31. The van der Waals surface area contributed by atoms with Crippen molar-refractivity contribution in [2.75, 3.05) is 19.6 Å². The Hall–Kier alpha value is -10.9. The van der Waals surface area contributed by atoms with E-state index in [-0.39, 0.29) is 13.4 Å². The maximum Gasteiger partial charge on any atom is 0.249 e. The first-order valence-electron chi connectivity index (χ1n) is 31.5. The van der Waals surface area contributed by atoms with Gasteiger partial charge in [-0.2, -0.15) is 0 Å². The van der Waals surface area contributed by atoms with Gasteiger partial charge in [0.1, 0.15) is 0 Å². The molecule has 18 rings (SSSR count). The molecule has 92 heavy (non-hydrogen) atoms. The van der Waals surface area contributed by atoms with Gasteiger partial charge in [0.2, 0.25) is 13.4 Å². The minimum Gasteiger partial charge on any atom is -0.311 e. The molecule has 0 unspecified atom stereocenters. The molecule has 0 saturated heterocycles. The molecule has 0 bridgehead atoms. The summed E-state index contributed by atoms with van der Waals surface area (Å²) in [6, 6.07) is 126. The number of rotatable bonds is 11. The lowest BCUT2D eigenvalue weighted by Crippen LogP contribution is -2.64. The predicted octanol–water partition coefficient (Wildman–Crippen LogP) is 19.2.